The first kappa shape index (κ1) is 14.0. The van der Waals surface area contributed by atoms with Crippen LogP contribution in [0.5, 0.6) is 0 Å². The van der Waals surface area contributed by atoms with Crippen LogP contribution in [0.15, 0.2) is 60.7 Å². The highest BCUT2D eigenvalue weighted by molar-refractivity contribution is 6.62. The highest BCUT2D eigenvalue weighted by Gasteiger charge is 2.43. The fourth-order valence-corrected chi connectivity index (χ4v) is 2.80. The Labute approximate surface area is 130 Å². The molecule has 2 atom stereocenters. The van der Waals surface area contributed by atoms with Gasteiger partial charge in [0.15, 0.2) is 0 Å². The molecule has 0 saturated carbocycles. The lowest BCUT2D eigenvalue weighted by molar-refractivity contribution is 0.0817. The summed E-state index contributed by atoms with van der Waals surface area (Å²) >= 11 is 0. The molecule has 22 heavy (non-hydrogen) atoms. The second kappa shape index (κ2) is 6.26. The van der Waals surface area contributed by atoms with Gasteiger partial charge in [0.25, 0.3) is 0 Å². The number of rotatable bonds is 3. The van der Waals surface area contributed by atoms with Crippen LogP contribution in [-0.4, -0.2) is 39.7 Å². The first-order valence-corrected chi connectivity index (χ1v) is 7.54. The van der Waals surface area contributed by atoms with E-state index in [-0.39, 0.29) is 26.4 Å². The highest BCUT2D eigenvalue weighted by atomic mass is 16.7. The first-order valence-electron chi connectivity index (χ1n) is 7.54. The molecule has 4 nitrogen and oxygen atoms in total. The van der Waals surface area contributed by atoms with Crippen molar-refractivity contribution >= 4 is 25.2 Å². The van der Waals surface area contributed by atoms with Crippen molar-refractivity contribution in [2.24, 2.45) is 0 Å². The molecule has 0 aromatic heterocycles. The third-order valence-electron chi connectivity index (χ3n) is 3.98. The molecule has 0 radical (unpaired) electrons. The van der Waals surface area contributed by atoms with Crippen LogP contribution >= 0.6 is 0 Å². The van der Waals surface area contributed by atoms with E-state index in [4.69, 9.17) is 18.6 Å². The minimum absolute atomic E-state index is 0.0982. The van der Waals surface area contributed by atoms with E-state index in [1.807, 2.05) is 60.7 Å². The molecular formula is C16H16B2O4. The summed E-state index contributed by atoms with van der Waals surface area (Å²) in [7, 11) is -0.629. The summed E-state index contributed by atoms with van der Waals surface area (Å²) in [6.45, 7) is 1.05. The summed E-state index contributed by atoms with van der Waals surface area (Å²) in [6, 6.07) is 19.9. The summed E-state index contributed by atoms with van der Waals surface area (Å²) in [6.07, 6.45) is -0.196. The van der Waals surface area contributed by atoms with Gasteiger partial charge in [-0.1, -0.05) is 60.7 Å². The van der Waals surface area contributed by atoms with Crippen molar-refractivity contribution in [2.45, 2.75) is 12.2 Å². The molecular weight excluding hydrogens is 278 g/mol. The van der Waals surface area contributed by atoms with Gasteiger partial charge < -0.3 is 18.6 Å². The zero-order valence-electron chi connectivity index (χ0n) is 12.1. The Morgan fingerprint density at radius 2 is 1.05 bits per heavy atom. The highest BCUT2D eigenvalue weighted by Crippen LogP contribution is 2.20. The zero-order valence-corrected chi connectivity index (χ0v) is 12.1. The minimum atomic E-state index is -0.314. The Morgan fingerprint density at radius 3 is 1.45 bits per heavy atom. The number of hydrogen-bond donors (Lipinski definition) is 0. The van der Waals surface area contributed by atoms with Crippen LogP contribution in [0.2, 0.25) is 0 Å². The van der Waals surface area contributed by atoms with Gasteiger partial charge in [0, 0.05) is 0 Å². The zero-order chi connectivity index (χ0) is 14.8. The summed E-state index contributed by atoms with van der Waals surface area (Å²) in [5, 5.41) is 0. The van der Waals surface area contributed by atoms with Crippen LogP contribution < -0.4 is 10.9 Å². The average Bonchev–Trinajstić information content (AvgIpc) is 3.26. The Balaban J connectivity index is 1.38. The van der Waals surface area contributed by atoms with Crippen molar-refractivity contribution in [3.05, 3.63) is 60.7 Å². The SMILES string of the molecule is c1ccc(B2OCC(C3COB(c4ccccc4)O3)O2)cc1. The molecule has 2 aromatic carbocycles. The topological polar surface area (TPSA) is 36.9 Å². The molecule has 2 heterocycles. The lowest BCUT2D eigenvalue weighted by Gasteiger charge is -2.16. The predicted molar refractivity (Wildman–Crippen MR) is 85.3 cm³/mol. The summed E-state index contributed by atoms with van der Waals surface area (Å²) < 4.78 is 23.5. The molecule has 0 amide bonds. The van der Waals surface area contributed by atoms with Crippen molar-refractivity contribution in [3.8, 4) is 0 Å². The molecule has 2 aliphatic rings. The minimum Gasteiger partial charge on any atom is -0.405 e. The molecule has 0 bridgehead atoms. The van der Waals surface area contributed by atoms with E-state index in [1.54, 1.807) is 0 Å². The Morgan fingerprint density at radius 1 is 0.636 bits per heavy atom. The quantitative estimate of drug-likeness (QED) is 0.777. The molecule has 0 spiro atoms. The lowest BCUT2D eigenvalue weighted by Crippen LogP contribution is -2.38. The maximum atomic E-state index is 5.99. The van der Waals surface area contributed by atoms with Gasteiger partial charge in [-0.15, -0.1) is 0 Å². The number of hydrogen-bond acceptors (Lipinski definition) is 4. The van der Waals surface area contributed by atoms with Crippen LogP contribution in [0.4, 0.5) is 0 Å². The van der Waals surface area contributed by atoms with Crippen molar-refractivity contribution in [3.63, 3.8) is 0 Å². The van der Waals surface area contributed by atoms with Crippen LogP contribution in [0.25, 0.3) is 0 Å². The molecule has 0 N–H and O–H groups in total. The second-order valence-corrected chi connectivity index (χ2v) is 5.50. The summed E-state index contributed by atoms with van der Waals surface area (Å²) in [4.78, 5) is 0. The van der Waals surface area contributed by atoms with Crippen molar-refractivity contribution < 1.29 is 18.6 Å². The fourth-order valence-electron chi connectivity index (χ4n) is 2.80. The third kappa shape index (κ3) is 2.83. The van der Waals surface area contributed by atoms with Gasteiger partial charge in [-0.3, -0.25) is 0 Å². The molecule has 2 unspecified atom stereocenters. The van der Waals surface area contributed by atoms with E-state index in [2.05, 4.69) is 0 Å². The molecule has 2 saturated heterocycles. The molecule has 0 aliphatic carbocycles. The van der Waals surface area contributed by atoms with Gasteiger partial charge in [-0.2, -0.15) is 0 Å². The molecule has 2 aliphatic heterocycles. The van der Waals surface area contributed by atoms with Crippen molar-refractivity contribution in [1.29, 1.82) is 0 Å². The van der Waals surface area contributed by atoms with Crippen molar-refractivity contribution in [1.82, 2.24) is 0 Å². The van der Waals surface area contributed by atoms with Crippen LogP contribution in [0.1, 0.15) is 0 Å². The maximum absolute atomic E-state index is 5.99. The third-order valence-corrected chi connectivity index (χ3v) is 3.98. The average molecular weight is 294 g/mol. The van der Waals surface area contributed by atoms with Crippen LogP contribution in [0, 0.1) is 0 Å². The fraction of sp³-hybridized carbons (Fsp3) is 0.250. The normalized spacial score (nSPS) is 24.9. The van der Waals surface area contributed by atoms with E-state index < -0.39 is 0 Å². The largest absolute Gasteiger partial charge is 0.494 e. The molecule has 110 valence electrons. The lowest BCUT2D eigenvalue weighted by atomic mass is 9.79. The standard InChI is InChI=1S/C16H16B2O4/c1-3-7-13(8-4-1)17-19-11-15(21-17)16-12-20-18(22-16)14-9-5-2-6-10-14/h1-10,15-16H,11-12H2. The van der Waals surface area contributed by atoms with Gasteiger partial charge >= 0.3 is 14.2 Å². The van der Waals surface area contributed by atoms with Crippen LogP contribution in [0.3, 0.4) is 0 Å². The number of benzene rings is 2. The summed E-state index contributed by atoms with van der Waals surface area (Å²) in [5.74, 6) is 0. The van der Waals surface area contributed by atoms with Gasteiger partial charge in [-0.05, 0) is 10.9 Å². The maximum Gasteiger partial charge on any atom is 0.494 e. The molecule has 4 rings (SSSR count). The van der Waals surface area contributed by atoms with Crippen LogP contribution in [-0.2, 0) is 18.6 Å². The molecule has 2 fully saturated rings. The van der Waals surface area contributed by atoms with E-state index in [1.165, 1.54) is 0 Å². The van der Waals surface area contributed by atoms with Gasteiger partial charge in [0.1, 0.15) is 0 Å². The van der Waals surface area contributed by atoms with E-state index >= 15 is 0 Å². The van der Waals surface area contributed by atoms with E-state index in [0.717, 1.165) is 10.9 Å². The van der Waals surface area contributed by atoms with E-state index in [9.17, 15) is 0 Å². The van der Waals surface area contributed by atoms with Gasteiger partial charge in [0.2, 0.25) is 0 Å². The van der Waals surface area contributed by atoms with Gasteiger partial charge in [-0.25, -0.2) is 0 Å². The Hall–Kier alpha value is -1.59. The smallest absolute Gasteiger partial charge is 0.405 e. The van der Waals surface area contributed by atoms with E-state index in [0.29, 0.717) is 13.2 Å². The summed E-state index contributed by atoms with van der Waals surface area (Å²) in [5.41, 5.74) is 2.06. The first-order chi connectivity index (χ1) is 10.9. The second-order valence-electron chi connectivity index (χ2n) is 5.50. The predicted octanol–water partition coefficient (Wildman–Crippen LogP) is 0.608. The molecule has 2 aromatic rings. The Bertz CT molecular complexity index is 555. The monoisotopic (exact) mass is 294 g/mol. The molecule has 6 heteroatoms. The Kier molecular flexibility index (Phi) is 3.99. The van der Waals surface area contributed by atoms with Gasteiger partial charge in [0.05, 0.1) is 25.4 Å². The van der Waals surface area contributed by atoms with Crippen molar-refractivity contribution in [2.75, 3.05) is 13.2 Å².